The van der Waals surface area contributed by atoms with Crippen molar-refractivity contribution in [3.05, 3.63) is 34.3 Å². The first-order valence-corrected chi connectivity index (χ1v) is 7.31. The molecule has 1 aliphatic rings. The van der Waals surface area contributed by atoms with Crippen LogP contribution in [-0.2, 0) is 9.59 Å². The van der Waals surface area contributed by atoms with Gasteiger partial charge in [-0.2, -0.15) is 0 Å². The fraction of sp³-hybridized carbons (Fsp3) is 0.357. The van der Waals surface area contributed by atoms with Gasteiger partial charge in [-0.1, -0.05) is 22.0 Å². The first-order chi connectivity index (χ1) is 9.95. The lowest BCUT2D eigenvalue weighted by atomic mass is 9.80. The Balaban J connectivity index is 1.72. The van der Waals surface area contributed by atoms with Gasteiger partial charge >= 0.3 is 5.97 Å². The average Bonchev–Trinajstić information content (AvgIpc) is 2.39. The second-order valence-corrected chi connectivity index (χ2v) is 5.88. The summed E-state index contributed by atoms with van der Waals surface area (Å²) in [6, 6.07) is 6.75. The maximum absolute atomic E-state index is 11.8. The van der Waals surface area contributed by atoms with Gasteiger partial charge in [-0.3, -0.25) is 14.4 Å². The van der Waals surface area contributed by atoms with Crippen molar-refractivity contribution in [3.8, 4) is 0 Å². The number of carbonyl (C=O) groups is 3. The summed E-state index contributed by atoms with van der Waals surface area (Å²) in [7, 11) is 0. The van der Waals surface area contributed by atoms with Gasteiger partial charge in [0.05, 0.1) is 12.5 Å². The van der Waals surface area contributed by atoms with Crippen LogP contribution in [0.3, 0.4) is 0 Å². The summed E-state index contributed by atoms with van der Waals surface area (Å²) < 4.78 is 0.786. The molecule has 112 valence electrons. The molecule has 0 spiro atoms. The molecule has 1 aliphatic carbocycles. The molecule has 2 amide bonds. The van der Waals surface area contributed by atoms with Crippen molar-refractivity contribution in [2.24, 2.45) is 5.92 Å². The van der Waals surface area contributed by atoms with E-state index >= 15 is 0 Å². The molecule has 0 unspecified atom stereocenters. The highest BCUT2D eigenvalue weighted by Gasteiger charge is 2.35. The summed E-state index contributed by atoms with van der Waals surface area (Å²) in [5, 5.41) is 14.0. The van der Waals surface area contributed by atoms with Gasteiger partial charge in [0, 0.05) is 16.1 Å². The van der Waals surface area contributed by atoms with Crippen LogP contribution in [0.25, 0.3) is 0 Å². The fourth-order valence-corrected chi connectivity index (χ4v) is 2.51. The van der Waals surface area contributed by atoms with E-state index in [1.807, 2.05) is 0 Å². The summed E-state index contributed by atoms with van der Waals surface area (Å²) in [5.41, 5.74) is 0.465. The molecule has 0 bridgehead atoms. The topological polar surface area (TPSA) is 95.5 Å². The Hall–Kier alpha value is -1.89. The highest BCUT2D eigenvalue weighted by molar-refractivity contribution is 9.10. The van der Waals surface area contributed by atoms with E-state index in [1.165, 1.54) is 0 Å². The third kappa shape index (κ3) is 4.29. The van der Waals surface area contributed by atoms with E-state index in [4.69, 9.17) is 5.11 Å². The highest BCUT2D eigenvalue weighted by Crippen LogP contribution is 2.27. The Labute approximate surface area is 130 Å². The molecule has 2 rings (SSSR count). The maximum Gasteiger partial charge on any atom is 0.306 e. The minimum Gasteiger partial charge on any atom is -0.481 e. The van der Waals surface area contributed by atoms with Crippen LogP contribution < -0.4 is 10.6 Å². The molecule has 0 aliphatic heterocycles. The maximum atomic E-state index is 11.8. The lowest BCUT2D eigenvalue weighted by molar-refractivity contribution is -0.146. The monoisotopic (exact) mass is 354 g/mol. The third-order valence-corrected chi connectivity index (χ3v) is 3.84. The van der Waals surface area contributed by atoms with E-state index in [9.17, 15) is 14.4 Å². The van der Waals surface area contributed by atoms with Crippen molar-refractivity contribution in [1.82, 2.24) is 10.6 Å². The number of carboxylic acid groups (broad SMARTS) is 1. The molecule has 0 atom stereocenters. The van der Waals surface area contributed by atoms with Crippen molar-refractivity contribution >= 4 is 33.7 Å². The van der Waals surface area contributed by atoms with Crippen molar-refractivity contribution in [3.63, 3.8) is 0 Å². The Kier molecular flexibility index (Phi) is 4.95. The first kappa shape index (κ1) is 15.5. The second-order valence-electron chi connectivity index (χ2n) is 4.96. The Morgan fingerprint density at radius 1 is 1.29 bits per heavy atom. The van der Waals surface area contributed by atoms with Crippen LogP contribution in [0.1, 0.15) is 23.2 Å². The van der Waals surface area contributed by atoms with E-state index in [0.29, 0.717) is 18.4 Å². The highest BCUT2D eigenvalue weighted by atomic mass is 79.9. The summed E-state index contributed by atoms with van der Waals surface area (Å²) in [5.74, 6) is -1.84. The van der Waals surface area contributed by atoms with Gasteiger partial charge in [0.2, 0.25) is 5.91 Å². The first-order valence-electron chi connectivity index (χ1n) is 6.51. The molecule has 1 fully saturated rings. The van der Waals surface area contributed by atoms with Gasteiger partial charge in [0.25, 0.3) is 5.91 Å². The fourth-order valence-electron chi connectivity index (χ4n) is 2.11. The van der Waals surface area contributed by atoms with Crippen LogP contribution in [0.2, 0.25) is 0 Å². The van der Waals surface area contributed by atoms with E-state index in [2.05, 4.69) is 26.6 Å². The predicted molar refractivity (Wildman–Crippen MR) is 78.8 cm³/mol. The molecule has 1 saturated carbocycles. The van der Waals surface area contributed by atoms with Crippen molar-refractivity contribution < 1.29 is 19.5 Å². The number of rotatable bonds is 5. The number of aliphatic carboxylic acids is 1. The number of hydrogen-bond donors (Lipinski definition) is 3. The van der Waals surface area contributed by atoms with Crippen LogP contribution in [0, 0.1) is 5.92 Å². The molecule has 21 heavy (non-hydrogen) atoms. The van der Waals surface area contributed by atoms with Crippen molar-refractivity contribution in [2.75, 3.05) is 6.54 Å². The molecule has 7 heteroatoms. The summed E-state index contributed by atoms with van der Waals surface area (Å²) in [6.45, 7) is -0.125. The normalized spacial score (nSPS) is 20.2. The standard InChI is InChI=1S/C14H15BrN2O4/c15-10-3-1-2-8(4-10)13(19)16-7-12(18)17-11-5-9(6-11)14(20)21/h1-4,9,11H,5-7H2,(H,16,19)(H,17,18)(H,20,21). The van der Waals surface area contributed by atoms with Crippen LogP contribution in [-0.4, -0.2) is 35.5 Å². The molecule has 0 aromatic heterocycles. The van der Waals surface area contributed by atoms with E-state index in [1.54, 1.807) is 24.3 Å². The number of halogens is 1. The number of hydrogen-bond acceptors (Lipinski definition) is 3. The van der Waals surface area contributed by atoms with Gasteiger partial charge in [-0.25, -0.2) is 0 Å². The van der Waals surface area contributed by atoms with E-state index < -0.39 is 5.97 Å². The van der Waals surface area contributed by atoms with Gasteiger partial charge < -0.3 is 15.7 Å². The number of carbonyl (C=O) groups excluding carboxylic acids is 2. The van der Waals surface area contributed by atoms with Crippen LogP contribution >= 0.6 is 15.9 Å². The number of benzene rings is 1. The molecule has 0 radical (unpaired) electrons. The second kappa shape index (κ2) is 6.71. The van der Waals surface area contributed by atoms with Crippen molar-refractivity contribution in [2.45, 2.75) is 18.9 Å². The van der Waals surface area contributed by atoms with Gasteiger partial charge in [0.15, 0.2) is 0 Å². The number of carboxylic acids is 1. The molecule has 1 aromatic carbocycles. The van der Waals surface area contributed by atoms with Crippen LogP contribution in [0.4, 0.5) is 0 Å². The number of nitrogens with one attached hydrogen (secondary N) is 2. The molecule has 3 N–H and O–H groups in total. The Morgan fingerprint density at radius 3 is 2.62 bits per heavy atom. The molecular weight excluding hydrogens is 340 g/mol. The molecule has 1 aromatic rings. The molecule has 0 saturated heterocycles. The Morgan fingerprint density at radius 2 is 2.00 bits per heavy atom. The van der Waals surface area contributed by atoms with Crippen LogP contribution in [0.15, 0.2) is 28.7 Å². The van der Waals surface area contributed by atoms with Gasteiger partial charge in [0.1, 0.15) is 0 Å². The SMILES string of the molecule is O=C(CNC(=O)c1cccc(Br)c1)NC1CC(C(=O)O)C1. The smallest absolute Gasteiger partial charge is 0.306 e. The predicted octanol–water partition coefficient (Wildman–Crippen LogP) is 1.16. The summed E-state index contributed by atoms with van der Waals surface area (Å²) >= 11 is 3.27. The largest absolute Gasteiger partial charge is 0.481 e. The zero-order valence-corrected chi connectivity index (χ0v) is 12.7. The molecule has 0 heterocycles. The average molecular weight is 355 g/mol. The van der Waals surface area contributed by atoms with Gasteiger partial charge in [-0.15, -0.1) is 0 Å². The quantitative estimate of drug-likeness (QED) is 0.739. The lowest BCUT2D eigenvalue weighted by Gasteiger charge is -2.32. The number of amides is 2. The van der Waals surface area contributed by atoms with E-state index in [0.717, 1.165) is 4.47 Å². The van der Waals surface area contributed by atoms with Crippen LogP contribution in [0.5, 0.6) is 0 Å². The van der Waals surface area contributed by atoms with E-state index in [-0.39, 0.29) is 30.3 Å². The zero-order valence-electron chi connectivity index (χ0n) is 11.1. The lowest BCUT2D eigenvalue weighted by Crippen LogP contribution is -2.49. The minimum absolute atomic E-state index is 0.110. The van der Waals surface area contributed by atoms with Gasteiger partial charge in [-0.05, 0) is 31.0 Å². The zero-order chi connectivity index (χ0) is 15.4. The third-order valence-electron chi connectivity index (χ3n) is 3.35. The summed E-state index contributed by atoms with van der Waals surface area (Å²) in [6.07, 6.45) is 0.890. The molecule has 6 nitrogen and oxygen atoms in total. The Bertz CT molecular complexity index is 570. The summed E-state index contributed by atoms with van der Waals surface area (Å²) in [4.78, 5) is 34.1. The minimum atomic E-state index is -0.830. The molecular formula is C14H15BrN2O4. The van der Waals surface area contributed by atoms with Crippen molar-refractivity contribution in [1.29, 1.82) is 0 Å².